The van der Waals surface area contributed by atoms with Gasteiger partial charge in [0.1, 0.15) is 11.6 Å². The van der Waals surface area contributed by atoms with Gasteiger partial charge in [0.05, 0.1) is 10.6 Å². The molecule has 0 aliphatic rings. The summed E-state index contributed by atoms with van der Waals surface area (Å²) in [6.45, 7) is 2.23. The monoisotopic (exact) mass is 281 g/mol. The van der Waals surface area contributed by atoms with Gasteiger partial charge in [0.25, 0.3) is 5.91 Å². The molecule has 4 nitrogen and oxygen atoms in total. The van der Waals surface area contributed by atoms with Crippen LogP contribution in [0.3, 0.4) is 0 Å². The van der Waals surface area contributed by atoms with Crippen molar-refractivity contribution in [1.29, 1.82) is 0 Å². The Labute approximate surface area is 115 Å². The van der Waals surface area contributed by atoms with Crippen molar-refractivity contribution in [1.82, 2.24) is 15.3 Å². The summed E-state index contributed by atoms with van der Waals surface area (Å²) in [5.41, 5.74) is 0.794. The summed E-state index contributed by atoms with van der Waals surface area (Å²) in [6.07, 6.45) is 2.30. The zero-order chi connectivity index (χ0) is 13.8. The van der Waals surface area contributed by atoms with E-state index in [-0.39, 0.29) is 10.6 Å². The third kappa shape index (κ3) is 3.32. The summed E-state index contributed by atoms with van der Waals surface area (Å²) in [4.78, 5) is 18.9. The van der Waals surface area contributed by atoms with E-state index in [1.54, 1.807) is 6.20 Å². The van der Waals surface area contributed by atoms with Gasteiger partial charge in [-0.05, 0) is 19.1 Å². The van der Waals surface area contributed by atoms with Crippen molar-refractivity contribution in [2.45, 2.75) is 13.3 Å². The van der Waals surface area contributed by atoms with Crippen molar-refractivity contribution in [2.75, 3.05) is 6.54 Å². The molecule has 0 atom stereocenters. The highest BCUT2D eigenvalue weighted by molar-refractivity contribution is 6.33. The number of aromatic amines is 1. The van der Waals surface area contributed by atoms with Gasteiger partial charge in [0, 0.05) is 24.9 Å². The van der Waals surface area contributed by atoms with Crippen molar-refractivity contribution in [2.24, 2.45) is 0 Å². The Hall–Kier alpha value is -1.88. The number of aryl methyl sites for hydroxylation is 1. The van der Waals surface area contributed by atoms with Gasteiger partial charge in [-0.15, -0.1) is 0 Å². The average molecular weight is 282 g/mol. The van der Waals surface area contributed by atoms with Gasteiger partial charge in [0.15, 0.2) is 0 Å². The topological polar surface area (TPSA) is 57.8 Å². The minimum atomic E-state index is -0.623. The van der Waals surface area contributed by atoms with Gasteiger partial charge in [-0.3, -0.25) is 4.79 Å². The summed E-state index contributed by atoms with van der Waals surface area (Å²) in [7, 11) is 0. The number of rotatable bonds is 4. The minimum Gasteiger partial charge on any atom is -0.352 e. The van der Waals surface area contributed by atoms with Crippen molar-refractivity contribution in [3.8, 4) is 0 Å². The van der Waals surface area contributed by atoms with E-state index in [2.05, 4.69) is 15.3 Å². The van der Waals surface area contributed by atoms with E-state index in [1.165, 1.54) is 18.2 Å². The van der Waals surface area contributed by atoms with Crippen LogP contribution in [0.4, 0.5) is 4.39 Å². The lowest BCUT2D eigenvalue weighted by Crippen LogP contribution is -2.27. The van der Waals surface area contributed by atoms with Crippen LogP contribution in [0.5, 0.6) is 0 Å². The van der Waals surface area contributed by atoms with Gasteiger partial charge in [0.2, 0.25) is 0 Å². The van der Waals surface area contributed by atoms with E-state index in [1.807, 2.05) is 6.92 Å². The maximum atomic E-state index is 13.5. The second kappa shape index (κ2) is 5.84. The second-order valence-corrected chi connectivity index (χ2v) is 4.50. The number of H-pyrrole nitrogens is 1. The predicted octanol–water partition coefficient (Wildman–Crippen LogP) is 2.48. The van der Waals surface area contributed by atoms with Crippen molar-refractivity contribution >= 4 is 17.5 Å². The lowest BCUT2D eigenvalue weighted by molar-refractivity contribution is 0.0950. The fraction of sp³-hybridized carbons (Fsp3) is 0.231. The molecule has 0 aliphatic heterocycles. The molecule has 0 spiro atoms. The first-order chi connectivity index (χ1) is 9.08. The molecule has 1 aromatic carbocycles. The lowest BCUT2D eigenvalue weighted by atomic mass is 10.2. The van der Waals surface area contributed by atoms with E-state index in [0.717, 1.165) is 11.5 Å². The van der Waals surface area contributed by atoms with Gasteiger partial charge in [-0.2, -0.15) is 0 Å². The zero-order valence-corrected chi connectivity index (χ0v) is 11.1. The van der Waals surface area contributed by atoms with Crippen LogP contribution in [0, 0.1) is 12.7 Å². The molecule has 0 radical (unpaired) electrons. The highest BCUT2D eigenvalue weighted by atomic mass is 35.5. The predicted molar refractivity (Wildman–Crippen MR) is 70.8 cm³/mol. The molecular formula is C13H13ClFN3O. The molecular weight excluding hydrogens is 269 g/mol. The highest BCUT2D eigenvalue weighted by Crippen LogP contribution is 2.18. The number of imidazole rings is 1. The van der Waals surface area contributed by atoms with Crippen molar-refractivity contribution in [3.05, 3.63) is 52.3 Å². The molecule has 0 saturated carbocycles. The number of hydrogen-bond donors (Lipinski definition) is 2. The molecule has 2 rings (SSSR count). The largest absolute Gasteiger partial charge is 0.352 e. The molecule has 1 aromatic heterocycles. The maximum Gasteiger partial charge on any atom is 0.255 e. The van der Waals surface area contributed by atoms with E-state index >= 15 is 0 Å². The van der Waals surface area contributed by atoms with Gasteiger partial charge < -0.3 is 10.3 Å². The van der Waals surface area contributed by atoms with Crippen LogP contribution in [0.2, 0.25) is 5.02 Å². The number of amides is 1. The molecule has 6 heteroatoms. The van der Waals surface area contributed by atoms with Crippen molar-refractivity contribution in [3.63, 3.8) is 0 Å². The summed E-state index contributed by atoms with van der Waals surface area (Å²) >= 11 is 5.81. The van der Waals surface area contributed by atoms with E-state index in [4.69, 9.17) is 11.6 Å². The molecule has 19 heavy (non-hydrogen) atoms. The Morgan fingerprint density at radius 2 is 2.32 bits per heavy atom. The third-order valence-electron chi connectivity index (χ3n) is 2.63. The molecule has 2 aromatic rings. The van der Waals surface area contributed by atoms with E-state index in [9.17, 15) is 9.18 Å². The quantitative estimate of drug-likeness (QED) is 0.904. The number of hydrogen-bond acceptors (Lipinski definition) is 2. The fourth-order valence-corrected chi connectivity index (χ4v) is 1.96. The Kier molecular flexibility index (Phi) is 4.16. The third-order valence-corrected chi connectivity index (χ3v) is 2.94. The normalized spacial score (nSPS) is 10.5. The Balaban J connectivity index is 1.94. The van der Waals surface area contributed by atoms with Crippen LogP contribution in [0.15, 0.2) is 24.4 Å². The van der Waals surface area contributed by atoms with Crippen LogP contribution in [-0.4, -0.2) is 22.4 Å². The fourth-order valence-electron chi connectivity index (χ4n) is 1.71. The lowest BCUT2D eigenvalue weighted by Gasteiger charge is -2.06. The number of halogens is 2. The molecule has 1 amide bonds. The summed E-state index contributed by atoms with van der Waals surface area (Å²) < 4.78 is 13.5. The number of carbonyl (C=O) groups is 1. The first kappa shape index (κ1) is 13.5. The SMILES string of the molecule is Cc1ncc(CCNC(=O)c2c(F)cccc2Cl)[nH]1. The van der Waals surface area contributed by atoms with Crippen LogP contribution in [0.1, 0.15) is 21.9 Å². The number of nitrogens with zero attached hydrogens (tertiary/aromatic N) is 1. The summed E-state index contributed by atoms with van der Waals surface area (Å²) in [5.74, 6) is -0.319. The molecule has 0 saturated heterocycles. The van der Waals surface area contributed by atoms with Gasteiger partial charge >= 0.3 is 0 Å². The number of aromatic nitrogens is 2. The smallest absolute Gasteiger partial charge is 0.255 e. The van der Waals surface area contributed by atoms with Crippen LogP contribution < -0.4 is 5.32 Å². The van der Waals surface area contributed by atoms with Crippen LogP contribution >= 0.6 is 11.6 Å². The van der Waals surface area contributed by atoms with Crippen LogP contribution in [-0.2, 0) is 6.42 Å². The zero-order valence-electron chi connectivity index (χ0n) is 10.3. The molecule has 100 valence electrons. The van der Waals surface area contributed by atoms with Crippen molar-refractivity contribution < 1.29 is 9.18 Å². The standard InChI is InChI=1S/C13H13ClFN3O/c1-8-17-7-9(18-8)5-6-16-13(19)12-10(14)3-2-4-11(12)15/h2-4,7H,5-6H2,1H3,(H,16,19)(H,17,18). The Morgan fingerprint density at radius 3 is 2.95 bits per heavy atom. The van der Waals surface area contributed by atoms with E-state index < -0.39 is 11.7 Å². The molecule has 1 heterocycles. The Bertz CT molecular complexity index is 577. The number of benzene rings is 1. The molecule has 2 N–H and O–H groups in total. The second-order valence-electron chi connectivity index (χ2n) is 4.10. The minimum absolute atomic E-state index is 0.106. The summed E-state index contributed by atoms with van der Waals surface area (Å²) in [5, 5.41) is 2.73. The Morgan fingerprint density at radius 1 is 1.53 bits per heavy atom. The molecule has 0 bridgehead atoms. The number of nitrogens with one attached hydrogen (secondary N) is 2. The van der Waals surface area contributed by atoms with Crippen LogP contribution in [0.25, 0.3) is 0 Å². The molecule has 0 unspecified atom stereocenters. The first-order valence-electron chi connectivity index (χ1n) is 5.80. The average Bonchev–Trinajstić information content (AvgIpc) is 2.75. The van der Waals surface area contributed by atoms with Gasteiger partial charge in [-0.1, -0.05) is 17.7 Å². The molecule has 0 aliphatic carbocycles. The maximum absolute atomic E-state index is 13.5. The van der Waals surface area contributed by atoms with Gasteiger partial charge in [-0.25, -0.2) is 9.37 Å². The first-order valence-corrected chi connectivity index (χ1v) is 6.18. The highest BCUT2D eigenvalue weighted by Gasteiger charge is 2.14. The van der Waals surface area contributed by atoms with E-state index in [0.29, 0.717) is 13.0 Å². The molecule has 0 fully saturated rings. The summed E-state index contributed by atoms with van der Waals surface area (Å²) in [6, 6.07) is 4.15. The number of carbonyl (C=O) groups excluding carboxylic acids is 1.